The largest absolute Gasteiger partial charge is 0.493 e. The number of nitrogens with zero attached hydrogens (tertiary/aromatic N) is 4. The fourth-order valence-electron chi connectivity index (χ4n) is 5.05. The van der Waals surface area contributed by atoms with Crippen molar-refractivity contribution in [2.75, 3.05) is 57.2 Å². The lowest BCUT2D eigenvalue weighted by molar-refractivity contribution is 0.0271. The van der Waals surface area contributed by atoms with Crippen molar-refractivity contribution >= 4 is 28.1 Å². The van der Waals surface area contributed by atoms with Gasteiger partial charge in [-0.05, 0) is 37.4 Å². The Morgan fingerprint density at radius 3 is 2.59 bits per heavy atom. The Morgan fingerprint density at radius 2 is 1.81 bits per heavy atom. The third-order valence-electron chi connectivity index (χ3n) is 7.21. The molecule has 0 amide bonds. The monoisotopic (exact) mass is 513 g/mol. The normalized spacial score (nSPS) is 27.9. The van der Waals surface area contributed by atoms with E-state index in [0.717, 1.165) is 23.3 Å². The summed E-state index contributed by atoms with van der Waals surface area (Å²) in [6, 6.07) is 11.4. The van der Waals surface area contributed by atoms with Crippen molar-refractivity contribution in [3.63, 3.8) is 0 Å². The summed E-state index contributed by atoms with van der Waals surface area (Å²) >= 11 is 0. The van der Waals surface area contributed by atoms with E-state index >= 15 is 0 Å². The zero-order valence-electron chi connectivity index (χ0n) is 20.6. The minimum atomic E-state index is -1.14. The molecule has 0 radical (unpaired) electrons. The first-order chi connectivity index (χ1) is 18.0. The van der Waals surface area contributed by atoms with E-state index in [1.807, 2.05) is 35.2 Å². The van der Waals surface area contributed by atoms with Crippen molar-refractivity contribution in [2.24, 2.45) is 0 Å². The number of hydrogen-bond donors (Lipinski definition) is 1. The van der Waals surface area contributed by atoms with E-state index in [1.165, 1.54) is 6.33 Å². The molecule has 4 heterocycles. The zero-order valence-corrected chi connectivity index (χ0v) is 20.6. The standard InChI is InChI=1S/C26H29F2N5O4/c1-32-7-8-33(11-23(32)28)16-5-3-15(4-6-16)31-26-17-9-20(34-2)21(10-19(17)29-14-30-26)37-22-13-36-24-18(27)12-35-25(22)24/h3-6,9-10,14,18,22-25H,7-8,11-13H2,1-2H3,(H,29,30,31)/t18-,22-,23?,24+,25+/m0/s1. The summed E-state index contributed by atoms with van der Waals surface area (Å²) in [5.74, 6) is 1.58. The Morgan fingerprint density at radius 1 is 1.00 bits per heavy atom. The number of likely N-dealkylation sites (N-methyl/N-ethyl adjacent to an activating group) is 1. The van der Waals surface area contributed by atoms with Crippen LogP contribution in [0.15, 0.2) is 42.7 Å². The highest BCUT2D eigenvalue weighted by atomic mass is 19.1. The molecule has 3 fully saturated rings. The highest BCUT2D eigenvalue weighted by Gasteiger charge is 2.49. The van der Waals surface area contributed by atoms with E-state index in [9.17, 15) is 8.78 Å². The van der Waals surface area contributed by atoms with E-state index in [-0.39, 0.29) is 13.2 Å². The number of benzene rings is 2. The van der Waals surface area contributed by atoms with Gasteiger partial charge in [0.1, 0.15) is 24.4 Å². The van der Waals surface area contributed by atoms with Crippen LogP contribution in [-0.4, -0.2) is 92.7 Å². The number of fused-ring (bicyclic) bond motifs is 2. The summed E-state index contributed by atoms with van der Waals surface area (Å²) in [5.41, 5.74) is 2.46. The van der Waals surface area contributed by atoms with Crippen LogP contribution >= 0.6 is 0 Å². The Bertz CT molecular complexity index is 1270. The van der Waals surface area contributed by atoms with Gasteiger partial charge in [0.05, 0.1) is 32.4 Å². The van der Waals surface area contributed by atoms with Crippen LogP contribution in [0, 0.1) is 0 Å². The molecule has 3 saturated heterocycles. The molecule has 3 aliphatic rings. The first kappa shape index (κ1) is 24.1. The van der Waals surface area contributed by atoms with Crippen molar-refractivity contribution in [2.45, 2.75) is 30.8 Å². The number of halogens is 2. The molecule has 1 aromatic heterocycles. The summed E-state index contributed by atoms with van der Waals surface area (Å²) in [7, 11) is 3.36. The van der Waals surface area contributed by atoms with Gasteiger partial charge in [0.25, 0.3) is 0 Å². The van der Waals surface area contributed by atoms with Crippen molar-refractivity contribution < 1.29 is 27.7 Å². The summed E-state index contributed by atoms with van der Waals surface area (Å²) < 4.78 is 50.9. The summed E-state index contributed by atoms with van der Waals surface area (Å²) in [4.78, 5) is 12.6. The van der Waals surface area contributed by atoms with Gasteiger partial charge in [0.15, 0.2) is 30.1 Å². The third kappa shape index (κ3) is 4.62. The fraction of sp³-hybridized carbons (Fsp3) is 0.462. The number of ether oxygens (including phenoxy) is 4. The second-order valence-corrected chi connectivity index (χ2v) is 9.54. The first-order valence-electron chi connectivity index (χ1n) is 12.3. The van der Waals surface area contributed by atoms with E-state index in [0.29, 0.717) is 35.9 Å². The van der Waals surface area contributed by atoms with Crippen LogP contribution in [0.25, 0.3) is 10.9 Å². The molecule has 0 bridgehead atoms. The second-order valence-electron chi connectivity index (χ2n) is 9.54. The smallest absolute Gasteiger partial charge is 0.171 e. The number of anilines is 3. The summed E-state index contributed by atoms with van der Waals surface area (Å²) in [6.07, 6.45) is -2.14. The van der Waals surface area contributed by atoms with Crippen LogP contribution in [0.5, 0.6) is 11.5 Å². The summed E-state index contributed by atoms with van der Waals surface area (Å²) in [6.45, 7) is 2.06. The molecule has 0 saturated carbocycles. The Labute approximate surface area is 213 Å². The third-order valence-corrected chi connectivity index (χ3v) is 7.21. The molecule has 3 aliphatic heterocycles. The maximum absolute atomic E-state index is 14.1. The van der Waals surface area contributed by atoms with E-state index in [1.54, 1.807) is 25.1 Å². The lowest BCUT2D eigenvalue weighted by Gasteiger charge is -2.36. The highest BCUT2D eigenvalue weighted by molar-refractivity contribution is 5.93. The number of methoxy groups -OCH3 is 1. The molecule has 0 spiro atoms. The van der Waals surface area contributed by atoms with E-state index in [4.69, 9.17) is 18.9 Å². The molecule has 1 N–H and O–H groups in total. The molecule has 5 atom stereocenters. The van der Waals surface area contributed by atoms with Gasteiger partial charge in [-0.15, -0.1) is 0 Å². The number of nitrogens with one attached hydrogen (secondary N) is 1. The van der Waals surface area contributed by atoms with Crippen LogP contribution in [0.2, 0.25) is 0 Å². The molecule has 37 heavy (non-hydrogen) atoms. The summed E-state index contributed by atoms with van der Waals surface area (Å²) in [5, 5.41) is 4.09. The lowest BCUT2D eigenvalue weighted by Crippen LogP contribution is -2.49. The maximum Gasteiger partial charge on any atom is 0.171 e. The number of rotatable bonds is 6. The van der Waals surface area contributed by atoms with Crippen LogP contribution in [0.4, 0.5) is 26.0 Å². The predicted octanol–water partition coefficient (Wildman–Crippen LogP) is 3.31. The molecule has 3 aromatic rings. The Hall–Kier alpha value is -3.28. The molecule has 11 heteroatoms. The number of piperazine rings is 1. The average Bonchev–Trinajstić information content (AvgIpc) is 3.48. The van der Waals surface area contributed by atoms with Crippen LogP contribution in [0.3, 0.4) is 0 Å². The van der Waals surface area contributed by atoms with Gasteiger partial charge in [-0.1, -0.05) is 0 Å². The first-order valence-corrected chi connectivity index (χ1v) is 12.3. The minimum absolute atomic E-state index is 0.0129. The van der Waals surface area contributed by atoms with Crippen molar-refractivity contribution in [1.29, 1.82) is 0 Å². The van der Waals surface area contributed by atoms with E-state index in [2.05, 4.69) is 15.3 Å². The molecular formula is C26H29F2N5O4. The quantitative estimate of drug-likeness (QED) is 0.500. The Kier molecular flexibility index (Phi) is 6.43. The van der Waals surface area contributed by atoms with Gasteiger partial charge in [0.2, 0.25) is 0 Å². The van der Waals surface area contributed by atoms with E-state index < -0.39 is 30.8 Å². The fourth-order valence-corrected chi connectivity index (χ4v) is 5.05. The topological polar surface area (TPSA) is 81.2 Å². The molecule has 196 valence electrons. The SMILES string of the molecule is COc1cc2c(Nc3ccc(N4CCN(C)C(F)C4)cc3)ncnc2cc1O[C@H]1CO[C@H]2[C@@H]1OC[C@@H]2F. The van der Waals surface area contributed by atoms with Gasteiger partial charge in [0, 0.05) is 35.9 Å². The number of hydrogen-bond acceptors (Lipinski definition) is 9. The number of aromatic nitrogens is 2. The lowest BCUT2D eigenvalue weighted by atomic mass is 10.1. The molecular weight excluding hydrogens is 484 g/mol. The number of alkyl halides is 2. The van der Waals surface area contributed by atoms with Crippen molar-refractivity contribution in [3.05, 3.63) is 42.7 Å². The maximum atomic E-state index is 14.1. The highest BCUT2D eigenvalue weighted by Crippen LogP contribution is 2.38. The zero-order chi connectivity index (χ0) is 25.5. The van der Waals surface area contributed by atoms with Crippen molar-refractivity contribution in [3.8, 4) is 11.5 Å². The van der Waals surface area contributed by atoms with Crippen LogP contribution in [-0.2, 0) is 9.47 Å². The predicted molar refractivity (Wildman–Crippen MR) is 134 cm³/mol. The molecule has 1 unspecified atom stereocenters. The van der Waals surface area contributed by atoms with Gasteiger partial charge in [-0.3, -0.25) is 4.90 Å². The molecule has 0 aliphatic carbocycles. The molecule has 6 rings (SSSR count). The van der Waals surface area contributed by atoms with Gasteiger partial charge in [-0.25, -0.2) is 18.7 Å². The minimum Gasteiger partial charge on any atom is -0.493 e. The van der Waals surface area contributed by atoms with Crippen molar-refractivity contribution in [1.82, 2.24) is 14.9 Å². The molecule has 2 aromatic carbocycles. The van der Waals surface area contributed by atoms with Gasteiger partial charge >= 0.3 is 0 Å². The molecule has 9 nitrogen and oxygen atoms in total. The van der Waals surface area contributed by atoms with Crippen LogP contribution in [0.1, 0.15) is 0 Å². The Balaban J connectivity index is 1.21. The average molecular weight is 514 g/mol. The van der Waals surface area contributed by atoms with Crippen LogP contribution < -0.4 is 19.7 Å². The second kappa shape index (κ2) is 9.88. The van der Waals surface area contributed by atoms with Gasteiger partial charge in [-0.2, -0.15) is 0 Å². The van der Waals surface area contributed by atoms with Gasteiger partial charge < -0.3 is 29.2 Å².